The van der Waals surface area contributed by atoms with E-state index in [9.17, 15) is 9.18 Å². The molecule has 0 bridgehead atoms. The number of carbonyl (C=O) groups is 1. The van der Waals surface area contributed by atoms with Crippen LogP contribution < -0.4 is 0 Å². The van der Waals surface area contributed by atoms with Crippen LogP contribution in [0.2, 0.25) is 5.02 Å². The molecule has 1 aromatic rings. The van der Waals surface area contributed by atoms with Crippen molar-refractivity contribution < 1.29 is 9.18 Å². The lowest BCUT2D eigenvalue weighted by Crippen LogP contribution is -2.02. The number of hydrogen-bond donors (Lipinski definition) is 0. The number of Topliss-reactive ketones (excluding diaryl/α,β-unsaturated/α-hetero) is 1. The fourth-order valence-corrected chi connectivity index (χ4v) is 1.71. The Balaban J connectivity index is 3.41. The van der Waals surface area contributed by atoms with Crippen LogP contribution in [0.3, 0.4) is 0 Å². The number of halogens is 3. The van der Waals surface area contributed by atoms with Crippen LogP contribution >= 0.6 is 27.5 Å². The minimum atomic E-state index is -0.633. The van der Waals surface area contributed by atoms with Gasteiger partial charge in [-0.1, -0.05) is 33.6 Å². The number of hydrogen-bond acceptors (Lipinski definition) is 1. The van der Waals surface area contributed by atoms with Gasteiger partial charge in [-0.3, -0.25) is 4.79 Å². The highest BCUT2D eigenvalue weighted by Crippen LogP contribution is 2.23. The molecule has 13 heavy (non-hydrogen) atoms. The summed E-state index contributed by atoms with van der Waals surface area (Å²) in [4.78, 5) is 11.1. The zero-order chi connectivity index (χ0) is 10.0. The standard InChI is InChI=1S/C9H7BrClFO/c1-5(13)8-6(4-10)2-3-7(11)9(8)12/h2-3H,4H2,1H3. The lowest BCUT2D eigenvalue weighted by molar-refractivity contribution is 0.101. The Morgan fingerprint density at radius 2 is 2.23 bits per heavy atom. The van der Waals surface area contributed by atoms with E-state index in [1.165, 1.54) is 13.0 Å². The van der Waals surface area contributed by atoms with Gasteiger partial charge in [0.2, 0.25) is 0 Å². The molecule has 0 spiro atoms. The summed E-state index contributed by atoms with van der Waals surface area (Å²) >= 11 is 8.72. The summed E-state index contributed by atoms with van der Waals surface area (Å²) in [7, 11) is 0. The summed E-state index contributed by atoms with van der Waals surface area (Å²) in [6, 6.07) is 3.08. The lowest BCUT2D eigenvalue weighted by atomic mass is 10.1. The van der Waals surface area contributed by atoms with Gasteiger partial charge in [-0.05, 0) is 18.6 Å². The van der Waals surface area contributed by atoms with E-state index in [-0.39, 0.29) is 16.4 Å². The molecule has 0 N–H and O–H groups in total. The minimum Gasteiger partial charge on any atom is -0.294 e. The number of alkyl halides is 1. The van der Waals surface area contributed by atoms with Crippen molar-refractivity contribution in [3.8, 4) is 0 Å². The van der Waals surface area contributed by atoms with Crippen molar-refractivity contribution in [1.82, 2.24) is 0 Å². The highest BCUT2D eigenvalue weighted by molar-refractivity contribution is 9.08. The number of carbonyl (C=O) groups excluding carboxylic acids is 1. The van der Waals surface area contributed by atoms with Crippen LogP contribution in [0.25, 0.3) is 0 Å². The van der Waals surface area contributed by atoms with Crippen molar-refractivity contribution in [2.45, 2.75) is 12.3 Å². The number of rotatable bonds is 2. The molecule has 0 aliphatic carbocycles. The molecule has 0 atom stereocenters. The van der Waals surface area contributed by atoms with Gasteiger partial charge >= 0.3 is 0 Å². The first-order chi connectivity index (χ1) is 6.07. The van der Waals surface area contributed by atoms with Crippen LogP contribution in [-0.2, 0) is 5.33 Å². The smallest absolute Gasteiger partial charge is 0.163 e. The quantitative estimate of drug-likeness (QED) is 0.590. The summed E-state index contributed by atoms with van der Waals surface area (Å²) in [6.45, 7) is 1.32. The molecule has 1 aromatic carbocycles. The van der Waals surface area contributed by atoms with E-state index in [0.717, 1.165) is 0 Å². The fraction of sp³-hybridized carbons (Fsp3) is 0.222. The number of ketones is 1. The maximum Gasteiger partial charge on any atom is 0.163 e. The van der Waals surface area contributed by atoms with Gasteiger partial charge in [-0.25, -0.2) is 4.39 Å². The Labute approximate surface area is 89.0 Å². The van der Waals surface area contributed by atoms with Crippen molar-refractivity contribution in [1.29, 1.82) is 0 Å². The molecule has 1 rings (SSSR count). The molecule has 0 radical (unpaired) electrons. The van der Waals surface area contributed by atoms with E-state index in [1.54, 1.807) is 6.07 Å². The van der Waals surface area contributed by atoms with E-state index in [2.05, 4.69) is 15.9 Å². The van der Waals surface area contributed by atoms with Gasteiger partial charge in [0.15, 0.2) is 11.6 Å². The van der Waals surface area contributed by atoms with Crippen LogP contribution in [-0.4, -0.2) is 5.78 Å². The highest BCUT2D eigenvalue weighted by Gasteiger charge is 2.14. The third-order valence-electron chi connectivity index (χ3n) is 1.68. The van der Waals surface area contributed by atoms with Gasteiger partial charge in [-0.2, -0.15) is 0 Å². The Morgan fingerprint density at radius 3 is 2.69 bits per heavy atom. The molecule has 1 nitrogen and oxygen atoms in total. The zero-order valence-corrected chi connectivity index (χ0v) is 9.25. The van der Waals surface area contributed by atoms with Gasteiger partial charge in [-0.15, -0.1) is 0 Å². The van der Waals surface area contributed by atoms with Crippen molar-refractivity contribution in [2.75, 3.05) is 0 Å². The zero-order valence-electron chi connectivity index (χ0n) is 6.90. The van der Waals surface area contributed by atoms with E-state index in [4.69, 9.17) is 11.6 Å². The summed E-state index contributed by atoms with van der Waals surface area (Å²) in [5.41, 5.74) is 0.693. The molecule has 4 heteroatoms. The Kier molecular flexibility index (Phi) is 3.45. The first-order valence-corrected chi connectivity index (χ1v) is 5.11. The van der Waals surface area contributed by atoms with Crippen LogP contribution in [0, 0.1) is 5.82 Å². The second kappa shape index (κ2) is 4.20. The maximum atomic E-state index is 13.3. The normalized spacial score (nSPS) is 10.2. The monoisotopic (exact) mass is 264 g/mol. The van der Waals surface area contributed by atoms with Crippen molar-refractivity contribution in [3.05, 3.63) is 34.1 Å². The Bertz CT molecular complexity index is 352. The number of benzene rings is 1. The third kappa shape index (κ3) is 2.09. The molecule has 0 aromatic heterocycles. The Hall–Kier alpha value is -0.410. The first kappa shape index (κ1) is 10.7. The predicted molar refractivity (Wildman–Crippen MR) is 54.0 cm³/mol. The minimum absolute atomic E-state index is 0.0186. The maximum absolute atomic E-state index is 13.3. The molecule has 0 aliphatic heterocycles. The van der Waals surface area contributed by atoms with Crippen LogP contribution in [0.1, 0.15) is 22.8 Å². The molecule has 0 saturated heterocycles. The van der Waals surface area contributed by atoms with E-state index in [0.29, 0.717) is 10.9 Å². The van der Waals surface area contributed by atoms with Gasteiger partial charge in [0.05, 0.1) is 10.6 Å². The summed E-state index contributed by atoms with van der Waals surface area (Å²) in [6.07, 6.45) is 0. The van der Waals surface area contributed by atoms with Gasteiger partial charge in [0.25, 0.3) is 0 Å². The van der Waals surface area contributed by atoms with Crippen LogP contribution in [0.4, 0.5) is 4.39 Å². The summed E-state index contributed by atoms with van der Waals surface area (Å²) in [5, 5.41) is 0.422. The third-order valence-corrected chi connectivity index (χ3v) is 2.57. The van der Waals surface area contributed by atoms with Crippen molar-refractivity contribution in [3.63, 3.8) is 0 Å². The molecule has 0 aliphatic rings. The fourth-order valence-electron chi connectivity index (χ4n) is 1.08. The van der Waals surface area contributed by atoms with Crippen molar-refractivity contribution in [2.24, 2.45) is 0 Å². The van der Waals surface area contributed by atoms with E-state index < -0.39 is 5.82 Å². The predicted octanol–water partition coefficient (Wildman–Crippen LogP) is 3.58. The lowest BCUT2D eigenvalue weighted by Gasteiger charge is -2.05. The van der Waals surface area contributed by atoms with E-state index in [1.807, 2.05) is 0 Å². The largest absolute Gasteiger partial charge is 0.294 e. The first-order valence-electron chi connectivity index (χ1n) is 3.61. The molecule has 0 saturated carbocycles. The van der Waals surface area contributed by atoms with Crippen LogP contribution in [0.5, 0.6) is 0 Å². The average molecular weight is 266 g/mol. The SMILES string of the molecule is CC(=O)c1c(CBr)ccc(Cl)c1F. The molecule has 0 heterocycles. The summed E-state index contributed by atoms with van der Waals surface area (Å²) < 4.78 is 13.3. The molecular formula is C9H7BrClFO. The molecule has 70 valence electrons. The molecule has 0 fully saturated rings. The topological polar surface area (TPSA) is 17.1 Å². The second-order valence-corrected chi connectivity index (χ2v) is 3.55. The highest BCUT2D eigenvalue weighted by atomic mass is 79.9. The molecular weight excluding hydrogens is 258 g/mol. The van der Waals surface area contributed by atoms with E-state index >= 15 is 0 Å². The second-order valence-electron chi connectivity index (χ2n) is 2.59. The van der Waals surface area contributed by atoms with Crippen molar-refractivity contribution >= 4 is 33.3 Å². The van der Waals surface area contributed by atoms with Gasteiger partial charge in [0, 0.05) is 5.33 Å². The average Bonchev–Trinajstić information content (AvgIpc) is 2.08. The Morgan fingerprint density at radius 1 is 1.62 bits per heavy atom. The summed E-state index contributed by atoms with van der Waals surface area (Å²) in [5.74, 6) is -0.944. The molecule has 0 amide bonds. The van der Waals surface area contributed by atoms with Gasteiger partial charge < -0.3 is 0 Å². The van der Waals surface area contributed by atoms with Crippen LogP contribution in [0.15, 0.2) is 12.1 Å². The molecule has 0 unspecified atom stereocenters. The van der Waals surface area contributed by atoms with Gasteiger partial charge in [0.1, 0.15) is 0 Å².